The van der Waals surface area contributed by atoms with Crippen LogP contribution in [0.5, 0.6) is 34.5 Å². The zero-order chi connectivity index (χ0) is 23.6. The van der Waals surface area contributed by atoms with E-state index in [2.05, 4.69) is 0 Å². The van der Waals surface area contributed by atoms with Crippen LogP contribution in [0.15, 0.2) is 45.1 Å². The summed E-state index contributed by atoms with van der Waals surface area (Å²) < 4.78 is 27.0. The van der Waals surface area contributed by atoms with Crippen LogP contribution in [0, 0.1) is 0 Å². The zero-order valence-electron chi connectivity index (χ0n) is 18.1. The lowest BCUT2D eigenvalue weighted by Crippen LogP contribution is -2.17. The van der Waals surface area contributed by atoms with E-state index in [1.165, 1.54) is 40.4 Å². The minimum absolute atomic E-state index is 0.135. The smallest absolute Gasteiger partial charge is 0.339 e. The van der Waals surface area contributed by atoms with Crippen molar-refractivity contribution in [3.63, 3.8) is 0 Å². The van der Waals surface area contributed by atoms with Crippen LogP contribution in [0.25, 0.3) is 22.3 Å². The molecule has 0 atom stereocenters. The fourth-order valence-electron chi connectivity index (χ4n) is 3.04. The lowest BCUT2D eigenvalue weighted by molar-refractivity contribution is -0.130. The summed E-state index contributed by atoms with van der Waals surface area (Å²) in [6, 6.07) is 5.62. The molecule has 3 aromatic rings. The minimum Gasteiger partial charge on any atom is -0.507 e. The Morgan fingerprint density at radius 1 is 0.969 bits per heavy atom. The topological polar surface area (TPSA) is 125 Å². The van der Waals surface area contributed by atoms with Crippen LogP contribution in [0.1, 0.15) is 13.8 Å². The summed E-state index contributed by atoms with van der Waals surface area (Å²) in [4.78, 5) is 25.8. The molecule has 2 N–H and O–H groups in total. The van der Waals surface area contributed by atoms with Gasteiger partial charge in [-0.05, 0) is 32.0 Å². The molecule has 1 aromatic heterocycles. The van der Waals surface area contributed by atoms with Gasteiger partial charge in [0.15, 0.2) is 28.6 Å². The molecule has 0 aliphatic heterocycles. The number of carbonyl (C=O) groups excluding carboxylic acids is 1. The predicted molar refractivity (Wildman–Crippen MR) is 116 cm³/mol. The molecule has 0 spiro atoms. The Kier molecular flexibility index (Phi) is 6.29. The molecule has 0 fully saturated rings. The number of ether oxygens (including phenoxy) is 4. The van der Waals surface area contributed by atoms with E-state index in [1.807, 2.05) is 0 Å². The maximum absolute atomic E-state index is 13.3. The van der Waals surface area contributed by atoms with E-state index in [9.17, 15) is 19.8 Å². The van der Waals surface area contributed by atoms with E-state index in [0.29, 0.717) is 17.1 Å². The van der Waals surface area contributed by atoms with Gasteiger partial charge in [0.25, 0.3) is 0 Å². The quantitative estimate of drug-likeness (QED) is 0.433. The van der Waals surface area contributed by atoms with Gasteiger partial charge in [-0.1, -0.05) is 6.08 Å². The Morgan fingerprint density at radius 2 is 1.66 bits per heavy atom. The maximum atomic E-state index is 13.3. The summed E-state index contributed by atoms with van der Waals surface area (Å²) in [6.07, 6.45) is 1.53. The second-order valence-corrected chi connectivity index (χ2v) is 6.67. The van der Waals surface area contributed by atoms with Crippen molar-refractivity contribution in [2.45, 2.75) is 13.8 Å². The first-order chi connectivity index (χ1) is 15.3. The summed E-state index contributed by atoms with van der Waals surface area (Å²) in [5.74, 6) is -1.76. The van der Waals surface area contributed by atoms with E-state index in [-0.39, 0.29) is 28.1 Å². The molecule has 0 bridgehead atoms. The van der Waals surface area contributed by atoms with Gasteiger partial charge in [-0.3, -0.25) is 4.79 Å². The number of phenolic OH excluding ortho intramolecular Hbond substituents is 2. The van der Waals surface area contributed by atoms with E-state index >= 15 is 0 Å². The molecule has 32 heavy (non-hydrogen) atoms. The number of hydrogen-bond donors (Lipinski definition) is 2. The van der Waals surface area contributed by atoms with Crippen molar-refractivity contribution in [3.8, 4) is 45.8 Å². The van der Waals surface area contributed by atoms with E-state index in [4.69, 9.17) is 23.4 Å². The minimum atomic E-state index is -0.830. The molecule has 3 rings (SSSR count). The highest BCUT2D eigenvalue weighted by Gasteiger charge is 2.26. The number of methoxy groups -OCH3 is 3. The third kappa shape index (κ3) is 3.80. The Bertz CT molecular complexity index is 1290. The number of fused-ring (bicyclic) bond motifs is 1. The Labute approximate surface area is 183 Å². The summed E-state index contributed by atoms with van der Waals surface area (Å²) >= 11 is 0. The van der Waals surface area contributed by atoms with Crippen molar-refractivity contribution in [2.24, 2.45) is 0 Å². The summed E-state index contributed by atoms with van der Waals surface area (Å²) in [5.41, 5.74) is -0.478. The second-order valence-electron chi connectivity index (χ2n) is 6.67. The van der Waals surface area contributed by atoms with Crippen molar-refractivity contribution in [2.75, 3.05) is 21.3 Å². The number of rotatable bonds is 6. The standard InChI is InChI=1S/C23H22O9/c1-6-11(2)23(27)32-22-18(26)17-13(24)10-14(25)20(30-5)21(17)31-19(22)12-7-8-15(28-3)16(9-12)29-4/h6-10,24-25H,1-5H3. The van der Waals surface area contributed by atoms with Gasteiger partial charge in [0.1, 0.15) is 11.1 Å². The van der Waals surface area contributed by atoms with Crippen LogP contribution >= 0.6 is 0 Å². The largest absolute Gasteiger partial charge is 0.507 e. The summed E-state index contributed by atoms with van der Waals surface area (Å²) in [5, 5.41) is 20.1. The lowest BCUT2D eigenvalue weighted by atomic mass is 10.1. The molecular weight excluding hydrogens is 420 g/mol. The molecule has 1 heterocycles. The first kappa shape index (κ1) is 22.5. The number of allylic oxidation sites excluding steroid dienone is 1. The van der Waals surface area contributed by atoms with Crippen LogP contribution in [0.2, 0.25) is 0 Å². The normalized spacial score (nSPS) is 11.3. The van der Waals surface area contributed by atoms with Crippen LogP contribution < -0.4 is 24.4 Å². The van der Waals surface area contributed by atoms with Crippen LogP contribution in [-0.4, -0.2) is 37.5 Å². The Balaban J connectivity index is 2.42. The fourth-order valence-corrected chi connectivity index (χ4v) is 3.04. The van der Waals surface area contributed by atoms with Crippen LogP contribution in [0.4, 0.5) is 0 Å². The molecule has 0 saturated heterocycles. The summed E-state index contributed by atoms with van der Waals surface area (Å²) in [6.45, 7) is 3.17. The van der Waals surface area contributed by atoms with E-state index in [1.54, 1.807) is 19.1 Å². The van der Waals surface area contributed by atoms with Gasteiger partial charge in [-0.15, -0.1) is 0 Å². The van der Waals surface area contributed by atoms with Crippen LogP contribution in [-0.2, 0) is 4.79 Å². The highest BCUT2D eigenvalue weighted by Crippen LogP contribution is 2.43. The average molecular weight is 442 g/mol. The second kappa shape index (κ2) is 8.93. The monoisotopic (exact) mass is 442 g/mol. The molecule has 9 nitrogen and oxygen atoms in total. The van der Waals surface area contributed by atoms with Gasteiger partial charge in [-0.25, -0.2) is 4.79 Å². The van der Waals surface area contributed by atoms with Gasteiger partial charge in [0.05, 0.1) is 21.3 Å². The van der Waals surface area contributed by atoms with Gasteiger partial charge in [0, 0.05) is 17.2 Å². The average Bonchev–Trinajstić information content (AvgIpc) is 2.79. The van der Waals surface area contributed by atoms with Crippen LogP contribution in [0.3, 0.4) is 0 Å². The van der Waals surface area contributed by atoms with Crippen molar-refractivity contribution in [1.29, 1.82) is 0 Å². The highest BCUT2D eigenvalue weighted by molar-refractivity contribution is 5.95. The van der Waals surface area contributed by atoms with Gasteiger partial charge < -0.3 is 33.6 Å². The number of phenols is 2. The van der Waals surface area contributed by atoms with Crippen molar-refractivity contribution in [1.82, 2.24) is 0 Å². The Hall–Kier alpha value is -4.14. The SMILES string of the molecule is CC=C(C)C(=O)Oc1c(-c2ccc(OC)c(OC)c2)oc2c(OC)c(O)cc(O)c2c1=O. The molecular formula is C23H22O9. The first-order valence-corrected chi connectivity index (χ1v) is 9.44. The number of carbonyl (C=O) groups is 1. The molecule has 0 unspecified atom stereocenters. The number of benzene rings is 2. The zero-order valence-corrected chi connectivity index (χ0v) is 18.1. The maximum Gasteiger partial charge on any atom is 0.339 e. The number of hydrogen-bond acceptors (Lipinski definition) is 9. The van der Waals surface area contributed by atoms with E-state index in [0.717, 1.165) is 6.07 Å². The summed E-state index contributed by atoms with van der Waals surface area (Å²) in [7, 11) is 4.18. The Morgan fingerprint density at radius 3 is 2.25 bits per heavy atom. The molecule has 168 valence electrons. The highest BCUT2D eigenvalue weighted by atomic mass is 16.5. The molecule has 0 radical (unpaired) electrons. The number of esters is 1. The van der Waals surface area contributed by atoms with Gasteiger partial charge in [0.2, 0.25) is 16.9 Å². The van der Waals surface area contributed by atoms with Crippen molar-refractivity contribution in [3.05, 3.63) is 46.1 Å². The number of aromatic hydroxyl groups is 2. The van der Waals surface area contributed by atoms with Crippen molar-refractivity contribution >= 4 is 16.9 Å². The molecule has 0 saturated carbocycles. The van der Waals surface area contributed by atoms with E-state index < -0.39 is 28.6 Å². The molecule has 2 aromatic carbocycles. The predicted octanol–water partition coefficient (Wildman–Crippen LogP) is 3.77. The molecule has 0 amide bonds. The third-order valence-electron chi connectivity index (χ3n) is 4.84. The molecule has 0 aliphatic carbocycles. The van der Waals surface area contributed by atoms with Crippen molar-refractivity contribution < 1.29 is 38.4 Å². The third-order valence-corrected chi connectivity index (χ3v) is 4.84. The fraction of sp³-hybridized carbons (Fsp3) is 0.217. The lowest BCUT2D eigenvalue weighted by Gasteiger charge is -2.15. The molecule has 0 aliphatic rings. The molecule has 9 heteroatoms. The first-order valence-electron chi connectivity index (χ1n) is 9.44. The van der Waals surface area contributed by atoms with Gasteiger partial charge >= 0.3 is 5.97 Å². The van der Waals surface area contributed by atoms with Gasteiger partial charge in [-0.2, -0.15) is 0 Å².